The molecule has 0 aliphatic heterocycles. The Labute approximate surface area is 164 Å². The SMILES string of the molecule is CCCCCC/C=C/[C@H]1[C@H](CN)CC(=O)[C@@H]1C/C=C\CCC(O)C(=O)OC. The molecule has 4 atom stereocenters. The number of methoxy groups -OCH3 is 1. The first-order valence-corrected chi connectivity index (χ1v) is 10.3. The first-order chi connectivity index (χ1) is 13.0. The molecule has 1 aliphatic carbocycles. The van der Waals surface area contributed by atoms with Gasteiger partial charge in [-0.25, -0.2) is 4.79 Å². The second kappa shape index (κ2) is 13.7. The number of aliphatic hydroxyl groups is 1. The van der Waals surface area contributed by atoms with E-state index in [1.165, 1.54) is 32.8 Å². The van der Waals surface area contributed by atoms with Gasteiger partial charge in [0.2, 0.25) is 0 Å². The molecule has 0 aromatic carbocycles. The van der Waals surface area contributed by atoms with Crippen LogP contribution in [0.15, 0.2) is 24.3 Å². The lowest BCUT2D eigenvalue weighted by Gasteiger charge is -2.18. The molecule has 1 fully saturated rings. The molecule has 0 saturated heterocycles. The van der Waals surface area contributed by atoms with Crippen molar-refractivity contribution in [1.82, 2.24) is 0 Å². The Morgan fingerprint density at radius 3 is 2.70 bits per heavy atom. The Morgan fingerprint density at radius 1 is 1.26 bits per heavy atom. The van der Waals surface area contributed by atoms with Gasteiger partial charge in [0.1, 0.15) is 5.78 Å². The van der Waals surface area contributed by atoms with Crippen molar-refractivity contribution in [2.75, 3.05) is 13.7 Å². The number of carbonyl (C=O) groups is 2. The number of rotatable bonds is 13. The Balaban J connectivity index is 2.49. The molecule has 27 heavy (non-hydrogen) atoms. The molecule has 5 nitrogen and oxygen atoms in total. The average molecular weight is 380 g/mol. The number of hydrogen-bond donors (Lipinski definition) is 2. The van der Waals surface area contributed by atoms with Crippen molar-refractivity contribution in [3.8, 4) is 0 Å². The van der Waals surface area contributed by atoms with E-state index in [4.69, 9.17) is 5.73 Å². The second-order valence-corrected chi connectivity index (χ2v) is 7.45. The third-order valence-corrected chi connectivity index (χ3v) is 5.41. The van der Waals surface area contributed by atoms with Crippen LogP contribution in [0, 0.1) is 17.8 Å². The monoisotopic (exact) mass is 379 g/mol. The zero-order valence-corrected chi connectivity index (χ0v) is 16.9. The fourth-order valence-electron chi connectivity index (χ4n) is 3.72. The highest BCUT2D eigenvalue weighted by atomic mass is 16.5. The second-order valence-electron chi connectivity index (χ2n) is 7.45. The summed E-state index contributed by atoms with van der Waals surface area (Å²) in [6.45, 7) is 2.75. The number of hydrogen-bond acceptors (Lipinski definition) is 5. The molecule has 0 radical (unpaired) electrons. The number of Topliss-reactive ketones (excluding diaryl/α,β-unsaturated/α-hetero) is 1. The molecule has 3 N–H and O–H groups in total. The van der Waals surface area contributed by atoms with Crippen LogP contribution in [0.4, 0.5) is 0 Å². The van der Waals surface area contributed by atoms with Crippen LogP contribution >= 0.6 is 0 Å². The van der Waals surface area contributed by atoms with Crippen molar-refractivity contribution in [1.29, 1.82) is 0 Å². The predicted octanol–water partition coefficient (Wildman–Crippen LogP) is 3.55. The lowest BCUT2D eigenvalue weighted by atomic mass is 9.86. The third-order valence-electron chi connectivity index (χ3n) is 5.41. The lowest BCUT2D eigenvalue weighted by molar-refractivity contribution is -0.150. The van der Waals surface area contributed by atoms with Crippen molar-refractivity contribution < 1.29 is 19.4 Å². The highest BCUT2D eigenvalue weighted by molar-refractivity contribution is 5.84. The Hall–Kier alpha value is -1.46. The van der Waals surface area contributed by atoms with Crippen LogP contribution in [-0.2, 0) is 14.3 Å². The first-order valence-electron chi connectivity index (χ1n) is 10.3. The molecule has 0 aromatic rings. The van der Waals surface area contributed by atoms with Crippen molar-refractivity contribution in [2.24, 2.45) is 23.5 Å². The zero-order valence-electron chi connectivity index (χ0n) is 16.9. The fourth-order valence-corrected chi connectivity index (χ4v) is 3.72. The molecule has 1 saturated carbocycles. The molecule has 0 aromatic heterocycles. The van der Waals surface area contributed by atoms with Gasteiger partial charge in [-0.05, 0) is 50.5 Å². The van der Waals surface area contributed by atoms with Crippen molar-refractivity contribution in [3.05, 3.63) is 24.3 Å². The number of allylic oxidation sites excluding steroid dienone is 4. The normalized spacial score (nSPS) is 24.1. The van der Waals surface area contributed by atoms with Gasteiger partial charge in [-0.2, -0.15) is 0 Å². The van der Waals surface area contributed by atoms with Gasteiger partial charge in [0.05, 0.1) is 7.11 Å². The van der Waals surface area contributed by atoms with Crippen LogP contribution in [0.1, 0.15) is 64.7 Å². The number of esters is 1. The molecular weight excluding hydrogens is 342 g/mol. The first kappa shape index (κ1) is 23.6. The van der Waals surface area contributed by atoms with E-state index < -0.39 is 12.1 Å². The summed E-state index contributed by atoms with van der Waals surface area (Å²) in [5, 5.41) is 9.57. The maximum absolute atomic E-state index is 12.4. The molecule has 0 amide bonds. The number of unbranched alkanes of at least 4 members (excludes halogenated alkanes) is 4. The van der Waals surface area contributed by atoms with Crippen LogP contribution in [0.3, 0.4) is 0 Å². The number of aliphatic hydroxyl groups excluding tert-OH is 1. The summed E-state index contributed by atoms with van der Waals surface area (Å²) in [6.07, 6.45) is 15.5. The van der Waals surface area contributed by atoms with Gasteiger partial charge in [0.15, 0.2) is 6.10 Å². The van der Waals surface area contributed by atoms with Crippen molar-refractivity contribution >= 4 is 11.8 Å². The average Bonchev–Trinajstić information content (AvgIpc) is 2.98. The van der Waals surface area contributed by atoms with E-state index in [-0.39, 0.29) is 17.8 Å². The molecule has 5 heteroatoms. The molecule has 0 bridgehead atoms. The summed E-state index contributed by atoms with van der Waals surface area (Å²) in [5.74, 6) is 0.143. The van der Waals surface area contributed by atoms with Crippen LogP contribution in [0.25, 0.3) is 0 Å². The third kappa shape index (κ3) is 8.39. The van der Waals surface area contributed by atoms with E-state index in [1.54, 1.807) is 0 Å². The maximum atomic E-state index is 12.4. The van der Waals surface area contributed by atoms with E-state index in [0.717, 1.165) is 6.42 Å². The van der Waals surface area contributed by atoms with E-state index in [2.05, 4.69) is 23.8 Å². The molecular formula is C22H37NO4. The Bertz CT molecular complexity index is 501. The van der Waals surface area contributed by atoms with E-state index >= 15 is 0 Å². The van der Waals surface area contributed by atoms with Crippen molar-refractivity contribution in [2.45, 2.75) is 70.8 Å². The maximum Gasteiger partial charge on any atom is 0.334 e. The fraction of sp³-hybridized carbons (Fsp3) is 0.727. The molecule has 0 heterocycles. The van der Waals surface area contributed by atoms with E-state index in [1.807, 2.05) is 12.2 Å². The van der Waals surface area contributed by atoms with Gasteiger partial charge in [-0.3, -0.25) is 4.79 Å². The molecule has 0 spiro atoms. The van der Waals surface area contributed by atoms with Gasteiger partial charge in [0, 0.05) is 12.3 Å². The van der Waals surface area contributed by atoms with Gasteiger partial charge in [-0.1, -0.05) is 50.5 Å². The minimum Gasteiger partial charge on any atom is -0.467 e. The van der Waals surface area contributed by atoms with Gasteiger partial charge in [0.25, 0.3) is 0 Å². The molecule has 1 rings (SSSR count). The molecule has 154 valence electrons. The number of carbonyl (C=O) groups excluding carboxylic acids is 2. The van der Waals surface area contributed by atoms with Gasteiger partial charge in [-0.15, -0.1) is 0 Å². The summed E-state index contributed by atoms with van der Waals surface area (Å²) < 4.78 is 4.49. The van der Waals surface area contributed by atoms with E-state index in [0.29, 0.717) is 38.0 Å². The zero-order chi connectivity index (χ0) is 20.1. The van der Waals surface area contributed by atoms with E-state index in [9.17, 15) is 14.7 Å². The van der Waals surface area contributed by atoms with Gasteiger partial charge >= 0.3 is 5.97 Å². The summed E-state index contributed by atoms with van der Waals surface area (Å²) >= 11 is 0. The Kier molecular flexibility index (Phi) is 11.9. The molecule has 1 unspecified atom stereocenters. The topological polar surface area (TPSA) is 89.6 Å². The smallest absolute Gasteiger partial charge is 0.334 e. The van der Waals surface area contributed by atoms with Crippen LogP contribution in [0.5, 0.6) is 0 Å². The predicted molar refractivity (Wildman–Crippen MR) is 108 cm³/mol. The molecule has 1 aliphatic rings. The van der Waals surface area contributed by atoms with Crippen LogP contribution in [0.2, 0.25) is 0 Å². The van der Waals surface area contributed by atoms with Crippen LogP contribution in [-0.4, -0.2) is 36.6 Å². The number of nitrogens with two attached hydrogens (primary N) is 1. The van der Waals surface area contributed by atoms with Crippen LogP contribution < -0.4 is 5.73 Å². The van der Waals surface area contributed by atoms with Gasteiger partial charge < -0.3 is 15.6 Å². The standard InChI is InChI=1S/C22H37NO4/c1-3-4-5-6-7-9-12-18-17(16-23)15-21(25)19(18)13-10-8-11-14-20(24)22(26)27-2/h8-10,12,17-20,24H,3-7,11,13-16,23H2,1-2H3/b10-8-,12-9+/t17-,18-,19+,20?/m0/s1. The lowest BCUT2D eigenvalue weighted by Crippen LogP contribution is -2.21. The quantitative estimate of drug-likeness (QED) is 0.290. The number of ketones is 1. The minimum absolute atomic E-state index is 0.00720. The summed E-state index contributed by atoms with van der Waals surface area (Å²) in [4.78, 5) is 23.6. The van der Waals surface area contributed by atoms with Crippen molar-refractivity contribution in [3.63, 3.8) is 0 Å². The minimum atomic E-state index is -1.09. The highest BCUT2D eigenvalue weighted by Gasteiger charge is 2.39. The summed E-state index contributed by atoms with van der Waals surface area (Å²) in [7, 11) is 1.26. The Morgan fingerprint density at radius 2 is 2.04 bits per heavy atom. The number of ether oxygens (including phenoxy) is 1. The highest BCUT2D eigenvalue weighted by Crippen LogP contribution is 2.37. The summed E-state index contributed by atoms with van der Waals surface area (Å²) in [5.41, 5.74) is 5.89. The summed E-state index contributed by atoms with van der Waals surface area (Å²) in [6, 6.07) is 0. The largest absolute Gasteiger partial charge is 0.467 e.